The predicted molar refractivity (Wildman–Crippen MR) is 132 cm³/mol. The first-order valence-electron chi connectivity index (χ1n) is 11.0. The standard InChI is InChI=1S/C28H23NO6/c1-34-28-25(32)23(20(18-11-12-29-15-18)13-16-5-3-2-4-6-16)27-24(26(28)33)21(31)14-22(35-27)17-7-9-19(30)10-8-17/h2-12,14-15,20,29-30,32-33H,13H2,1H3. The Morgan fingerprint density at radius 3 is 2.37 bits per heavy atom. The zero-order valence-corrected chi connectivity index (χ0v) is 18.9. The van der Waals surface area contributed by atoms with E-state index in [-0.39, 0.29) is 34.0 Å². The molecule has 5 aromatic rings. The number of H-pyrrole nitrogens is 1. The Kier molecular flexibility index (Phi) is 5.66. The summed E-state index contributed by atoms with van der Waals surface area (Å²) in [6.07, 6.45) is 4.09. The van der Waals surface area contributed by atoms with Gasteiger partial charge in [0, 0.05) is 35.5 Å². The second-order valence-corrected chi connectivity index (χ2v) is 8.26. The molecule has 0 fully saturated rings. The molecule has 0 aliphatic rings. The molecule has 1 unspecified atom stereocenters. The van der Waals surface area contributed by atoms with Gasteiger partial charge < -0.3 is 29.5 Å². The van der Waals surface area contributed by atoms with Gasteiger partial charge in [0.05, 0.1) is 7.11 Å². The molecule has 0 radical (unpaired) electrons. The van der Waals surface area contributed by atoms with Gasteiger partial charge in [0.2, 0.25) is 5.75 Å². The molecular formula is C28H23NO6. The minimum absolute atomic E-state index is 0.0681. The molecule has 7 nitrogen and oxygen atoms in total. The highest BCUT2D eigenvalue weighted by molar-refractivity contribution is 5.93. The highest BCUT2D eigenvalue weighted by Crippen LogP contribution is 2.49. The van der Waals surface area contributed by atoms with Crippen LogP contribution in [0.3, 0.4) is 0 Å². The van der Waals surface area contributed by atoms with Crippen molar-refractivity contribution in [1.29, 1.82) is 0 Å². The van der Waals surface area contributed by atoms with E-state index >= 15 is 0 Å². The first kappa shape index (κ1) is 22.2. The van der Waals surface area contributed by atoms with Gasteiger partial charge in [0.15, 0.2) is 16.9 Å². The number of phenolic OH excluding ortho intramolecular Hbond substituents is 3. The number of benzene rings is 3. The fraction of sp³-hybridized carbons (Fsp3) is 0.107. The molecule has 4 N–H and O–H groups in total. The van der Waals surface area contributed by atoms with Crippen molar-refractivity contribution < 1.29 is 24.5 Å². The number of rotatable bonds is 6. The highest BCUT2D eigenvalue weighted by Gasteiger charge is 2.30. The van der Waals surface area contributed by atoms with Gasteiger partial charge >= 0.3 is 0 Å². The average molecular weight is 469 g/mol. The Labute approximate surface area is 200 Å². The maximum absolute atomic E-state index is 13.2. The summed E-state index contributed by atoms with van der Waals surface area (Å²) in [5.41, 5.74) is 2.34. The Bertz CT molecular complexity index is 1540. The Balaban J connectivity index is 1.83. The van der Waals surface area contributed by atoms with Crippen molar-refractivity contribution in [3.63, 3.8) is 0 Å². The highest BCUT2D eigenvalue weighted by atomic mass is 16.5. The number of methoxy groups -OCH3 is 1. The maximum Gasteiger partial charge on any atom is 0.204 e. The molecule has 7 heteroatoms. The zero-order chi connectivity index (χ0) is 24.5. The second kappa shape index (κ2) is 8.95. The molecule has 1 atom stereocenters. The largest absolute Gasteiger partial charge is 0.508 e. The van der Waals surface area contributed by atoms with Crippen LogP contribution in [-0.2, 0) is 6.42 Å². The lowest BCUT2D eigenvalue weighted by Gasteiger charge is -2.22. The lowest BCUT2D eigenvalue weighted by Crippen LogP contribution is -2.10. The third kappa shape index (κ3) is 3.97. The smallest absolute Gasteiger partial charge is 0.204 e. The Hall–Kier alpha value is -4.65. The summed E-state index contributed by atoms with van der Waals surface area (Å²) < 4.78 is 11.5. The van der Waals surface area contributed by atoms with Gasteiger partial charge in [-0.1, -0.05) is 30.3 Å². The van der Waals surface area contributed by atoms with Crippen LogP contribution in [0.2, 0.25) is 0 Å². The molecule has 0 aliphatic heterocycles. The van der Waals surface area contributed by atoms with E-state index in [1.54, 1.807) is 18.3 Å². The zero-order valence-electron chi connectivity index (χ0n) is 18.9. The van der Waals surface area contributed by atoms with Crippen molar-refractivity contribution in [1.82, 2.24) is 4.98 Å². The summed E-state index contributed by atoms with van der Waals surface area (Å²) in [5.74, 6) is -1.09. The predicted octanol–water partition coefficient (Wildman–Crippen LogP) is 5.29. The maximum atomic E-state index is 13.2. The van der Waals surface area contributed by atoms with Crippen molar-refractivity contribution in [3.05, 3.63) is 106 Å². The van der Waals surface area contributed by atoms with E-state index in [1.807, 2.05) is 42.6 Å². The minimum Gasteiger partial charge on any atom is -0.508 e. The van der Waals surface area contributed by atoms with Crippen molar-refractivity contribution in [3.8, 4) is 34.3 Å². The number of aromatic amines is 1. The van der Waals surface area contributed by atoms with Crippen LogP contribution in [0.4, 0.5) is 0 Å². The van der Waals surface area contributed by atoms with E-state index in [2.05, 4.69) is 4.98 Å². The van der Waals surface area contributed by atoms with Gasteiger partial charge in [-0.15, -0.1) is 0 Å². The quantitative estimate of drug-likeness (QED) is 0.269. The molecule has 0 saturated heterocycles. The van der Waals surface area contributed by atoms with E-state index in [0.717, 1.165) is 11.1 Å². The molecule has 5 rings (SSSR count). The first-order chi connectivity index (χ1) is 17.0. The summed E-state index contributed by atoms with van der Waals surface area (Å²) in [7, 11) is 1.32. The van der Waals surface area contributed by atoms with Gasteiger partial charge in [-0.25, -0.2) is 0 Å². The number of aromatic nitrogens is 1. The Morgan fingerprint density at radius 1 is 0.971 bits per heavy atom. The monoisotopic (exact) mass is 469 g/mol. The summed E-state index contributed by atoms with van der Waals surface area (Å²) in [5, 5.41) is 31.7. The van der Waals surface area contributed by atoms with Gasteiger partial charge in [0.25, 0.3) is 0 Å². The normalized spacial score (nSPS) is 12.0. The van der Waals surface area contributed by atoms with Crippen LogP contribution in [-0.4, -0.2) is 27.4 Å². The molecular weight excluding hydrogens is 446 g/mol. The fourth-order valence-electron chi connectivity index (χ4n) is 4.44. The molecule has 3 aromatic carbocycles. The fourth-order valence-corrected chi connectivity index (χ4v) is 4.44. The lowest BCUT2D eigenvalue weighted by molar-refractivity contribution is 0.343. The molecule has 0 bridgehead atoms. The minimum atomic E-state index is -0.487. The van der Waals surface area contributed by atoms with Crippen LogP contribution < -0.4 is 10.2 Å². The topological polar surface area (TPSA) is 116 Å². The van der Waals surface area contributed by atoms with Crippen LogP contribution in [0.5, 0.6) is 23.0 Å². The number of hydrogen-bond donors (Lipinski definition) is 4. The molecule has 0 aliphatic carbocycles. The van der Waals surface area contributed by atoms with E-state index in [1.165, 1.54) is 25.3 Å². The molecule has 35 heavy (non-hydrogen) atoms. The third-order valence-corrected chi connectivity index (χ3v) is 6.13. The van der Waals surface area contributed by atoms with Crippen molar-refractivity contribution in [2.24, 2.45) is 0 Å². The lowest BCUT2D eigenvalue weighted by atomic mass is 9.85. The van der Waals surface area contributed by atoms with Crippen molar-refractivity contribution in [2.45, 2.75) is 12.3 Å². The summed E-state index contributed by atoms with van der Waals surface area (Å²) in [6, 6.07) is 19.1. The molecule has 2 heterocycles. The van der Waals surface area contributed by atoms with Crippen LogP contribution in [0.15, 0.2) is 88.3 Å². The first-order valence-corrected chi connectivity index (χ1v) is 11.0. The van der Waals surface area contributed by atoms with E-state index < -0.39 is 17.1 Å². The summed E-state index contributed by atoms with van der Waals surface area (Å²) in [6.45, 7) is 0. The number of hydrogen-bond acceptors (Lipinski definition) is 6. The van der Waals surface area contributed by atoms with E-state index in [9.17, 15) is 20.1 Å². The molecule has 2 aromatic heterocycles. The molecule has 0 amide bonds. The van der Waals surface area contributed by atoms with Gasteiger partial charge in [-0.3, -0.25) is 4.79 Å². The van der Waals surface area contributed by atoms with Gasteiger partial charge in [-0.05, 0) is 47.9 Å². The molecule has 0 saturated carbocycles. The number of aromatic hydroxyl groups is 3. The second-order valence-electron chi connectivity index (χ2n) is 8.26. The van der Waals surface area contributed by atoms with Crippen LogP contribution in [0.25, 0.3) is 22.3 Å². The summed E-state index contributed by atoms with van der Waals surface area (Å²) in [4.78, 5) is 16.3. The van der Waals surface area contributed by atoms with E-state index in [4.69, 9.17) is 9.15 Å². The van der Waals surface area contributed by atoms with E-state index in [0.29, 0.717) is 17.5 Å². The number of phenols is 3. The van der Waals surface area contributed by atoms with Crippen LogP contribution >= 0.6 is 0 Å². The van der Waals surface area contributed by atoms with Crippen molar-refractivity contribution >= 4 is 11.0 Å². The number of fused-ring (bicyclic) bond motifs is 1. The van der Waals surface area contributed by atoms with Gasteiger partial charge in [-0.2, -0.15) is 0 Å². The SMILES string of the molecule is COc1c(O)c(C(Cc2ccccc2)c2cc[nH]c2)c2oc(-c3ccc(O)cc3)cc(=O)c2c1O. The van der Waals surface area contributed by atoms with Crippen molar-refractivity contribution in [2.75, 3.05) is 7.11 Å². The Morgan fingerprint density at radius 2 is 1.71 bits per heavy atom. The summed E-state index contributed by atoms with van der Waals surface area (Å²) >= 11 is 0. The molecule has 0 spiro atoms. The van der Waals surface area contributed by atoms with Crippen LogP contribution in [0, 0.1) is 0 Å². The van der Waals surface area contributed by atoms with Gasteiger partial charge in [0.1, 0.15) is 22.5 Å². The third-order valence-electron chi connectivity index (χ3n) is 6.13. The number of nitrogens with one attached hydrogen (secondary N) is 1. The molecule has 176 valence electrons. The van der Waals surface area contributed by atoms with Crippen LogP contribution in [0.1, 0.15) is 22.6 Å². The number of ether oxygens (including phenoxy) is 1. The average Bonchev–Trinajstić information content (AvgIpc) is 3.39.